The first kappa shape index (κ1) is 18.5. The zero-order chi connectivity index (χ0) is 18.7. The fourth-order valence-corrected chi connectivity index (χ4v) is 3.92. The first-order valence-corrected chi connectivity index (χ1v) is 8.87. The van der Waals surface area contributed by atoms with Crippen molar-refractivity contribution in [3.8, 4) is 5.75 Å². The zero-order valence-corrected chi connectivity index (χ0v) is 15.1. The number of carbonyl (C=O) groups is 2. The topological polar surface area (TPSA) is 85.3 Å². The van der Waals surface area contributed by atoms with Crippen LogP contribution >= 0.6 is 0 Å². The van der Waals surface area contributed by atoms with Gasteiger partial charge in [-0.2, -0.15) is 0 Å². The Kier molecular flexibility index (Phi) is 5.66. The highest BCUT2D eigenvalue weighted by Gasteiger charge is 2.42. The number of hydrogen-bond acceptors (Lipinski definition) is 5. The van der Waals surface area contributed by atoms with Gasteiger partial charge in [-0.25, -0.2) is 4.79 Å². The van der Waals surface area contributed by atoms with Crippen LogP contribution in [0.3, 0.4) is 0 Å². The van der Waals surface area contributed by atoms with Gasteiger partial charge in [0.15, 0.2) is 0 Å². The predicted octanol–water partition coefficient (Wildman–Crippen LogP) is 2.50. The van der Waals surface area contributed by atoms with E-state index in [4.69, 9.17) is 9.47 Å². The first-order chi connectivity index (χ1) is 12.5. The van der Waals surface area contributed by atoms with Gasteiger partial charge < -0.3 is 24.2 Å². The molecule has 5 rings (SSSR count). The lowest BCUT2D eigenvalue weighted by Crippen LogP contribution is -2.29. The van der Waals surface area contributed by atoms with Crippen LogP contribution in [0.2, 0.25) is 0 Å². The normalized spacial score (nSPS) is 28.6. The van der Waals surface area contributed by atoms with Crippen molar-refractivity contribution in [3.05, 3.63) is 29.8 Å². The van der Waals surface area contributed by atoms with Crippen LogP contribution in [-0.2, 0) is 14.3 Å². The molecule has 1 aromatic rings. The molecule has 0 spiro atoms. The van der Waals surface area contributed by atoms with Crippen molar-refractivity contribution in [2.45, 2.75) is 37.4 Å². The number of para-hydroxylation sites is 1. The summed E-state index contributed by atoms with van der Waals surface area (Å²) in [5.74, 6) is -1.25. The lowest BCUT2D eigenvalue weighted by Gasteiger charge is -2.23. The Balaban J connectivity index is 0.000000269. The summed E-state index contributed by atoms with van der Waals surface area (Å²) in [5, 5.41) is 9.36. The third kappa shape index (κ3) is 3.77. The highest BCUT2D eigenvalue weighted by Crippen LogP contribution is 2.38. The van der Waals surface area contributed by atoms with Crippen LogP contribution in [0.5, 0.6) is 5.75 Å². The highest BCUT2D eigenvalue weighted by molar-refractivity contribution is 5.76. The Labute approximate surface area is 152 Å². The van der Waals surface area contributed by atoms with E-state index >= 15 is 0 Å². The maximum absolute atomic E-state index is 11.6. The van der Waals surface area contributed by atoms with Gasteiger partial charge in [-0.05, 0) is 30.9 Å². The van der Waals surface area contributed by atoms with Crippen molar-refractivity contribution in [1.29, 1.82) is 0 Å². The lowest BCUT2D eigenvalue weighted by atomic mass is 9.88. The maximum atomic E-state index is 11.6. The van der Waals surface area contributed by atoms with Gasteiger partial charge in [0.25, 0.3) is 0 Å². The molecule has 0 radical (unpaired) electrons. The molecule has 3 aliphatic heterocycles. The Morgan fingerprint density at radius 3 is 2.31 bits per heavy atom. The summed E-state index contributed by atoms with van der Waals surface area (Å²) in [4.78, 5) is 24.4. The van der Waals surface area contributed by atoms with Gasteiger partial charge >= 0.3 is 12.1 Å². The zero-order valence-electron chi connectivity index (χ0n) is 15.1. The molecule has 4 atom stereocenters. The van der Waals surface area contributed by atoms with E-state index in [1.807, 2.05) is 18.2 Å². The van der Waals surface area contributed by atoms with Gasteiger partial charge in [0.1, 0.15) is 5.75 Å². The minimum Gasteiger partial charge on any atom is -0.496 e. The van der Waals surface area contributed by atoms with Crippen molar-refractivity contribution in [2.75, 3.05) is 27.3 Å². The third-order valence-electron chi connectivity index (χ3n) is 5.33. The predicted molar refractivity (Wildman–Crippen MR) is 93.4 cm³/mol. The Bertz CT molecular complexity index is 644. The molecule has 1 amide bonds. The van der Waals surface area contributed by atoms with Gasteiger partial charge in [0, 0.05) is 19.0 Å². The number of nitrogens with zero attached hydrogens (tertiary/aromatic N) is 1. The SMILES string of the molecule is C1CC2CC1O2.COC(=O)N1CC(C(=O)O)C(c2ccccc2OC)C1. The number of methoxy groups -OCH3 is 2. The second-order valence-electron chi connectivity index (χ2n) is 6.86. The van der Waals surface area contributed by atoms with Crippen molar-refractivity contribution in [3.63, 3.8) is 0 Å². The number of ether oxygens (including phenoxy) is 3. The molecule has 1 aliphatic carbocycles. The second kappa shape index (κ2) is 7.95. The molecule has 3 saturated heterocycles. The number of carboxylic acid groups (broad SMARTS) is 1. The molecule has 7 nitrogen and oxygen atoms in total. The third-order valence-corrected chi connectivity index (χ3v) is 5.33. The Morgan fingerprint density at radius 1 is 1.15 bits per heavy atom. The minimum absolute atomic E-state index is 0.144. The van der Waals surface area contributed by atoms with Crippen molar-refractivity contribution in [1.82, 2.24) is 4.90 Å². The summed E-state index contributed by atoms with van der Waals surface area (Å²) < 4.78 is 15.2. The maximum Gasteiger partial charge on any atom is 0.409 e. The van der Waals surface area contributed by atoms with Gasteiger partial charge in [-0.3, -0.25) is 4.79 Å². The van der Waals surface area contributed by atoms with Crippen LogP contribution in [0.15, 0.2) is 24.3 Å². The van der Waals surface area contributed by atoms with E-state index in [9.17, 15) is 14.7 Å². The first-order valence-electron chi connectivity index (χ1n) is 8.87. The van der Waals surface area contributed by atoms with E-state index in [0.29, 0.717) is 24.5 Å². The lowest BCUT2D eigenvalue weighted by molar-refractivity contribution is -0.141. The van der Waals surface area contributed by atoms with Gasteiger partial charge in [0.05, 0.1) is 32.3 Å². The van der Waals surface area contributed by atoms with E-state index in [0.717, 1.165) is 5.56 Å². The van der Waals surface area contributed by atoms with E-state index in [-0.39, 0.29) is 12.5 Å². The Morgan fingerprint density at radius 2 is 1.81 bits per heavy atom. The number of carbonyl (C=O) groups excluding carboxylic acids is 1. The smallest absolute Gasteiger partial charge is 0.409 e. The second-order valence-corrected chi connectivity index (χ2v) is 6.86. The largest absolute Gasteiger partial charge is 0.496 e. The number of amides is 1. The molecule has 3 heterocycles. The van der Waals surface area contributed by atoms with Crippen LogP contribution in [-0.4, -0.2) is 61.6 Å². The van der Waals surface area contributed by atoms with Gasteiger partial charge in [-0.1, -0.05) is 18.2 Å². The van der Waals surface area contributed by atoms with Crippen LogP contribution < -0.4 is 4.74 Å². The number of aliphatic carboxylic acids is 1. The molecule has 142 valence electrons. The van der Waals surface area contributed by atoms with Crippen molar-refractivity contribution < 1.29 is 28.9 Å². The summed E-state index contributed by atoms with van der Waals surface area (Å²) in [5.41, 5.74) is 0.800. The van der Waals surface area contributed by atoms with Crippen LogP contribution in [0.1, 0.15) is 30.7 Å². The monoisotopic (exact) mass is 363 g/mol. The van der Waals surface area contributed by atoms with Crippen molar-refractivity contribution in [2.24, 2.45) is 5.92 Å². The number of fused-ring (bicyclic) bond motifs is 1. The molecular weight excluding hydrogens is 338 g/mol. The fraction of sp³-hybridized carbons (Fsp3) is 0.579. The summed E-state index contributed by atoms with van der Waals surface area (Å²) in [6.07, 6.45) is 4.91. The van der Waals surface area contributed by atoms with E-state index in [2.05, 4.69) is 4.74 Å². The summed E-state index contributed by atoms with van der Waals surface area (Å²) in [7, 11) is 2.83. The molecule has 4 fully saturated rings. The molecule has 0 aromatic heterocycles. The number of likely N-dealkylation sites (tertiary alicyclic amines) is 1. The number of benzene rings is 1. The van der Waals surface area contributed by atoms with Gasteiger partial charge in [0.2, 0.25) is 0 Å². The van der Waals surface area contributed by atoms with Crippen LogP contribution in [0.4, 0.5) is 4.79 Å². The van der Waals surface area contributed by atoms with E-state index in [1.54, 1.807) is 13.2 Å². The number of rotatable bonds is 3. The molecule has 1 aromatic carbocycles. The summed E-state index contributed by atoms with van der Waals surface area (Å²) in [6.45, 7) is 0.453. The van der Waals surface area contributed by atoms with Crippen molar-refractivity contribution >= 4 is 12.1 Å². The molecule has 4 unspecified atom stereocenters. The molecule has 7 heteroatoms. The fourth-order valence-electron chi connectivity index (χ4n) is 3.92. The average Bonchev–Trinajstić information content (AvgIpc) is 3.36. The van der Waals surface area contributed by atoms with E-state index < -0.39 is 18.0 Å². The molecule has 1 N–H and O–H groups in total. The Hall–Kier alpha value is -2.28. The molecule has 26 heavy (non-hydrogen) atoms. The standard InChI is InChI=1S/C14H17NO5.C5H8O/c1-19-12-6-4-3-5-9(12)10-7-15(14(18)20-2)8-11(10)13(16)17;1-2-5-3-4(1)6-5/h3-6,10-11H,7-8H2,1-2H3,(H,16,17);4-5H,1-3H2. The molecule has 1 saturated carbocycles. The molecular formula is C19H25NO6. The summed E-state index contributed by atoms with van der Waals surface area (Å²) in [6, 6.07) is 7.28. The minimum atomic E-state index is -0.924. The van der Waals surface area contributed by atoms with Gasteiger partial charge in [-0.15, -0.1) is 0 Å². The highest BCUT2D eigenvalue weighted by atomic mass is 16.5. The summed E-state index contributed by atoms with van der Waals surface area (Å²) >= 11 is 0. The van der Waals surface area contributed by atoms with Crippen LogP contribution in [0.25, 0.3) is 0 Å². The quantitative estimate of drug-likeness (QED) is 0.888. The average molecular weight is 363 g/mol. The molecule has 4 aliphatic rings. The number of hydrogen-bond donors (Lipinski definition) is 1. The number of carboxylic acids is 1. The molecule has 2 bridgehead atoms. The van der Waals surface area contributed by atoms with E-state index in [1.165, 1.54) is 31.3 Å². The van der Waals surface area contributed by atoms with Crippen LogP contribution in [0, 0.1) is 5.92 Å².